The Kier molecular flexibility index (Phi) is 4.87. The van der Waals surface area contributed by atoms with Gasteiger partial charge in [0, 0.05) is 11.9 Å². The molecule has 0 spiro atoms. The van der Waals surface area contributed by atoms with Crippen molar-refractivity contribution in [1.29, 1.82) is 0 Å². The van der Waals surface area contributed by atoms with E-state index in [0.717, 1.165) is 24.2 Å². The second-order valence-electron chi connectivity index (χ2n) is 4.73. The van der Waals surface area contributed by atoms with Crippen LogP contribution in [-0.4, -0.2) is 22.5 Å². The van der Waals surface area contributed by atoms with Crippen LogP contribution in [0.3, 0.4) is 0 Å². The monoisotopic (exact) mass is 272 g/mol. The molecule has 2 rings (SSSR count). The summed E-state index contributed by atoms with van der Waals surface area (Å²) in [5, 5.41) is 14.9. The Morgan fingerprint density at radius 3 is 2.85 bits per heavy atom. The fourth-order valence-corrected chi connectivity index (χ4v) is 2.08. The summed E-state index contributed by atoms with van der Waals surface area (Å²) in [6.45, 7) is 3.04. The normalized spacial score (nSPS) is 10.7. The standard InChI is InChI=1S/C15H19N3O2/c1-2-3-4-5-8-16-14-12-7-6-11(15(19)20)9-13(12)17-10-18-14/h6-7,9-10H,2-5,8H2,1H3,(H,19,20)(H,16,17,18)/p-1. The number of aromatic nitrogens is 2. The number of fused-ring (bicyclic) bond motifs is 1. The van der Waals surface area contributed by atoms with Crippen molar-refractivity contribution in [3.8, 4) is 0 Å². The SMILES string of the molecule is CCCCCCNc1ncnc2cc(C(=O)[O-])ccc12. The minimum absolute atomic E-state index is 0.130. The molecule has 1 N–H and O–H groups in total. The first-order chi connectivity index (χ1) is 9.72. The van der Waals surface area contributed by atoms with Crippen LogP contribution in [0.4, 0.5) is 5.82 Å². The largest absolute Gasteiger partial charge is 0.545 e. The van der Waals surface area contributed by atoms with Gasteiger partial charge in [0.2, 0.25) is 0 Å². The topological polar surface area (TPSA) is 77.9 Å². The zero-order chi connectivity index (χ0) is 14.4. The van der Waals surface area contributed by atoms with Crippen molar-refractivity contribution in [2.75, 3.05) is 11.9 Å². The number of nitrogens with zero attached hydrogens (tertiary/aromatic N) is 2. The van der Waals surface area contributed by atoms with Gasteiger partial charge < -0.3 is 15.2 Å². The summed E-state index contributed by atoms with van der Waals surface area (Å²) < 4.78 is 0. The van der Waals surface area contributed by atoms with Gasteiger partial charge in [0.1, 0.15) is 12.1 Å². The van der Waals surface area contributed by atoms with Crippen molar-refractivity contribution in [3.05, 3.63) is 30.1 Å². The van der Waals surface area contributed by atoms with Crippen LogP contribution in [0.1, 0.15) is 43.0 Å². The van der Waals surface area contributed by atoms with Crippen molar-refractivity contribution in [1.82, 2.24) is 9.97 Å². The summed E-state index contributed by atoms with van der Waals surface area (Å²) in [5.41, 5.74) is 0.739. The van der Waals surface area contributed by atoms with Crippen LogP contribution in [0.15, 0.2) is 24.5 Å². The second-order valence-corrected chi connectivity index (χ2v) is 4.73. The second kappa shape index (κ2) is 6.84. The van der Waals surface area contributed by atoms with Gasteiger partial charge in [-0.1, -0.05) is 32.3 Å². The predicted octanol–water partition coefficient (Wildman–Crippen LogP) is 1.99. The van der Waals surface area contributed by atoms with Crippen LogP contribution < -0.4 is 10.4 Å². The molecular weight excluding hydrogens is 254 g/mol. The van der Waals surface area contributed by atoms with Crippen LogP contribution in [0.25, 0.3) is 10.9 Å². The maximum absolute atomic E-state index is 10.8. The third-order valence-electron chi connectivity index (χ3n) is 3.19. The minimum atomic E-state index is -1.19. The molecule has 0 amide bonds. The predicted molar refractivity (Wildman–Crippen MR) is 76.5 cm³/mol. The Hall–Kier alpha value is -2.17. The highest BCUT2D eigenvalue weighted by atomic mass is 16.4. The van der Waals surface area contributed by atoms with Gasteiger partial charge in [-0.2, -0.15) is 0 Å². The average molecular weight is 272 g/mol. The fourth-order valence-electron chi connectivity index (χ4n) is 2.08. The summed E-state index contributed by atoms with van der Waals surface area (Å²) in [7, 11) is 0. The molecule has 0 saturated carbocycles. The van der Waals surface area contributed by atoms with E-state index in [-0.39, 0.29) is 5.56 Å². The molecule has 106 valence electrons. The average Bonchev–Trinajstić information content (AvgIpc) is 2.46. The van der Waals surface area contributed by atoms with E-state index in [2.05, 4.69) is 22.2 Å². The van der Waals surface area contributed by atoms with Crippen molar-refractivity contribution in [3.63, 3.8) is 0 Å². The van der Waals surface area contributed by atoms with E-state index < -0.39 is 5.97 Å². The number of anilines is 1. The van der Waals surface area contributed by atoms with Gasteiger partial charge in [-0.3, -0.25) is 0 Å². The molecule has 0 saturated heterocycles. The molecular formula is C15H18N3O2-. The number of rotatable bonds is 7. The van der Waals surface area contributed by atoms with E-state index >= 15 is 0 Å². The van der Waals surface area contributed by atoms with Crippen molar-refractivity contribution >= 4 is 22.7 Å². The van der Waals surface area contributed by atoms with E-state index in [9.17, 15) is 9.90 Å². The summed E-state index contributed by atoms with van der Waals surface area (Å²) >= 11 is 0. The van der Waals surface area contributed by atoms with Gasteiger partial charge in [-0.25, -0.2) is 9.97 Å². The van der Waals surface area contributed by atoms with Gasteiger partial charge in [-0.15, -0.1) is 0 Å². The molecule has 0 aliphatic heterocycles. The van der Waals surface area contributed by atoms with Gasteiger partial charge in [0.05, 0.1) is 11.5 Å². The van der Waals surface area contributed by atoms with E-state index in [0.29, 0.717) is 5.52 Å². The molecule has 0 radical (unpaired) electrons. The molecule has 5 nitrogen and oxygen atoms in total. The lowest BCUT2D eigenvalue weighted by atomic mass is 10.1. The summed E-state index contributed by atoms with van der Waals surface area (Å²) in [6, 6.07) is 4.74. The van der Waals surface area contributed by atoms with E-state index in [1.165, 1.54) is 37.7 Å². The molecule has 0 bridgehead atoms. The molecule has 0 atom stereocenters. The number of hydrogen-bond donors (Lipinski definition) is 1. The van der Waals surface area contributed by atoms with Gasteiger partial charge in [0.15, 0.2) is 0 Å². The summed E-state index contributed by atoms with van der Waals surface area (Å²) in [6.07, 6.45) is 6.18. The number of benzene rings is 1. The Bertz CT molecular complexity index is 599. The van der Waals surface area contributed by atoms with Crippen LogP contribution in [-0.2, 0) is 0 Å². The lowest BCUT2D eigenvalue weighted by molar-refractivity contribution is -0.255. The number of carboxylic acids is 1. The van der Waals surface area contributed by atoms with Gasteiger partial charge in [-0.05, 0) is 24.1 Å². The zero-order valence-corrected chi connectivity index (χ0v) is 11.6. The molecule has 2 aromatic rings. The maximum atomic E-state index is 10.8. The van der Waals surface area contributed by atoms with Crippen LogP contribution in [0.5, 0.6) is 0 Å². The number of unbranched alkanes of at least 4 members (excludes halogenated alkanes) is 3. The Balaban J connectivity index is 2.11. The number of hydrogen-bond acceptors (Lipinski definition) is 5. The minimum Gasteiger partial charge on any atom is -0.545 e. The Labute approximate surface area is 118 Å². The third-order valence-corrected chi connectivity index (χ3v) is 3.19. The highest BCUT2D eigenvalue weighted by Gasteiger charge is 2.04. The van der Waals surface area contributed by atoms with Crippen LogP contribution in [0.2, 0.25) is 0 Å². The molecule has 0 aliphatic rings. The van der Waals surface area contributed by atoms with Gasteiger partial charge >= 0.3 is 0 Å². The van der Waals surface area contributed by atoms with Crippen LogP contribution >= 0.6 is 0 Å². The Morgan fingerprint density at radius 2 is 2.10 bits per heavy atom. The lowest BCUT2D eigenvalue weighted by Gasteiger charge is -2.09. The molecule has 0 unspecified atom stereocenters. The molecule has 1 aromatic carbocycles. The number of carbonyl (C=O) groups is 1. The summed E-state index contributed by atoms with van der Waals surface area (Å²) in [4.78, 5) is 19.1. The molecule has 1 aromatic heterocycles. The molecule has 0 fully saturated rings. The highest BCUT2D eigenvalue weighted by molar-refractivity contribution is 5.95. The Morgan fingerprint density at radius 1 is 1.25 bits per heavy atom. The van der Waals surface area contributed by atoms with E-state index in [1.807, 2.05) is 0 Å². The molecule has 0 aliphatic carbocycles. The van der Waals surface area contributed by atoms with Crippen molar-refractivity contribution in [2.45, 2.75) is 32.6 Å². The van der Waals surface area contributed by atoms with Gasteiger partial charge in [0.25, 0.3) is 0 Å². The first kappa shape index (κ1) is 14.2. The first-order valence-electron chi connectivity index (χ1n) is 6.92. The number of carbonyl (C=O) groups excluding carboxylic acids is 1. The number of nitrogens with one attached hydrogen (secondary N) is 1. The molecule has 20 heavy (non-hydrogen) atoms. The lowest BCUT2D eigenvalue weighted by Crippen LogP contribution is -2.22. The smallest absolute Gasteiger partial charge is 0.137 e. The van der Waals surface area contributed by atoms with E-state index in [4.69, 9.17) is 0 Å². The van der Waals surface area contributed by atoms with Crippen molar-refractivity contribution in [2.24, 2.45) is 0 Å². The third kappa shape index (κ3) is 3.44. The van der Waals surface area contributed by atoms with Crippen molar-refractivity contribution < 1.29 is 9.90 Å². The highest BCUT2D eigenvalue weighted by Crippen LogP contribution is 2.20. The van der Waals surface area contributed by atoms with E-state index in [1.54, 1.807) is 6.07 Å². The quantitative estimate of drug-likeness (QED) is 0.780. The fraction of sp³-hybridized carbons (Fsp3) is 0.400. The molecule has 1 heterocycles. The van der Waals surface area contributed by atoms with Crippen LogP contribution in [0, 0.1) is 0 Å². The number of aromatic carboxylic acids is 1. The zero-order valence-electron chi connectivity index (χ0n) is 11.6. The maximum Gasteiger partial charge on any atom is 0.137 e. The summed E-state index contributed by atoms with van der Waals surface area (Å²) in [5.74, 6) is -0.448. The molecule has 5 heteroatoms. The first-order valence-corrected chi connectivity index (χ1v) is 6.92. The number of carboxylic acid groups (broad SMARTS) is 1.